The van der Waals surface area contributed by atoms with E-state index < -0.39 is 0 Å². The van der Waals surface area contributed by atoms with Gasteiger partial charge in [0.25, 0.3) is 0 Å². The zero-order valence-corrected chi connectivity index (χ0v) is 9.11. The largest absolute Gasteiger partial charge is 0.508 e. The first-order chi connectivity index (χ1) is 6.70. The van der Waals surface area contributed by atoms with E-state index in [1.807, 2.05) is 12.1 Å². The zero-order valence-electron chi connectivity index (χ0n) is 9.11. The minimum absolute atomic E-state index is 0.322. The van der Waals surface area contributed by atoms with E-state index >= 15 is 0 Å². The van der Waals surface area contributed by atoms with Crippen LogP contribution in [-0.4, -0.2) is 5.11 Å². The molecule has 0 fully saturated rings. The normalized spacial score (nSPS) is 11.0. The van der Waals surface area contributed by atoms with Crippen molar-refractivity contribution in [1.29, 1.82) is 0 Å². The maximum Gasteiger partial charge on any atom is 0.115 e. The predicted octanol–water partition coefficient (Wildman–Crippen LogP) is 4.00. The Balaban J connectivity index is 0.000000241. The Morgan fingerprint density at radius 2 is 1.93 bits per heavy atom. The summed E-state index contributed by atoms with van der Waals surface area (Å²) in [6, 6.07) is 8.71. The molecule has 1 unspecified atom stereocenters. The Kier molecular flexibility index (Phi) is 7.62. The van der Waals surface area contributed by atoms with Crippen molar-refractivity contribution < 1.29 is 5.11 Å². The summed E-state index contributed by atoms with van der Waals surface area (Å²) in [6.07, 6.45) is 4.56. The lowest BCUT2D eigenvalue weighted by Gasteiger charge is -1.98. The van der Waals surface area contributed by atoms with E-state index in [4.69, 9.17) is 5.11 Å². The number of aromatic hydroxyl groups is 1. The average Bonchev–Trinajstić information content (AvgIpc) is 2.20. The molecule has 1 atom stereocenters. The molecule has 0 heterocycles. The van der Waals surface area contributed by atoms with Crippen molar-refractivity contribution in [2.75, 3.05) is 0 Å². The Morgan fingerprint density at radius 3 is 2.14 bits per heavy atom. The van der Waals surface area contributed by atoms with Gasteiger partial charge in [0.05, 0.1) is 0 Å². The number of phenolic OH excluding ortho intramolecular Hbond substituents is 1. The molecule has 0 spiro atoms. The maximum atomic E-state index is 8.63. The smallest absolute Gasteiger partial charge is 0.115 e. The zero-order chi connectivity index (χ0) is 10.8. The molecule has 1 rings (SSSR count). The van der Waals surface area contributed by atoms with Crippen LogP contribution in [0.15, 0.2) is 43.0 Å². The monoisotopic (exact) mass is 192 g/mol. The molecule has 78 valence electrons. The van der Waals surface area contributed by atoms with Crippen LogP contribution >= 0.6 is 0 Å². The van der Waals surface area contributed by atoms with Crippen molar-refractivity contribution in [3.8, 4) is 5.75 Å². The predicted molar refractivity (Wildman–Crippen MR) is 62.4 cm³/mol. The van der Waals surface area contributed by atoms with Gasteiger partial charge >= 0.3 is 0 Å². The summed E-state index contributed by atoms with van der Waals surface area (Å²) >= 11 is 0. The number of phenols is 1. The summed E-state index contributed by atoms with van der Waals surface area (Å²) in [7, 11) is 0. The summed E-state index contributed by atoms with van der Waals surface area (Å²) in [5.74, 6) is 1.03. The molecule has 0 saturated heterocycles. The molecule has 0 aliphatic heterocycles. The second-order valence-electron chi connectivity index (χ2n) is 3.34. The summed E-state index contributed by atoms with van der Waals surface area (Å²) in [5.41, 5.74) is 0. The fourth-order valence-corrected chi connectivity index (χ4v) is 1.00. The molecular weight excluding hydrogens is 172 g/mol. The molecule has 0 amide bonds. The summed E-state index contributed by atoms with van der Waals surface area (Å²) in [6.45, 7) is 8.06. The Hall–Kier alpha value is -1.24. The number of hydrogen-bond acceptors (Lipinski definition) is 1. The fourth-order valence-electron chi connectivity index (χ4n) is 1.00. The van der Waals surface area contributed by atoms with Crippen LogP contribution in [0.4, 0.5) is 0 Å². The number of allylic oxidation sites excluding steroid dienone is 1. The highest BCUT2D eigenvalue weighted by Crippen LogP contribution is 2.03. The van der Waals surface area contributed by atoms with Crippen LogP contribution in [0.2, 0.25) is 0 Å². The minimum Gasteiger partial charge on any atom is -0.508 e. The average molecular weight is 192 g/mol. The molecule has 0 bridgehead atoms. The van der Waals surface area contributed by atoms with E-state index in [0.717, 1.165) is 0 Å². The molecular formula is C13H20O. The summed E-state index contributed by atoms with van der Waals surface area (Å²) < 4.78 is 0. The topological polar surface area (TPSA) is 20.2 Å². The highest BCUT2D eigenvalue weighted by molar-refractivity contribution is 5.18. The SMILES string of the molecule is C=CC(C)CCC.Oc1ccccc1. The first-order valence-corrected chi connectivity index (χ1v) is 5.07. The second kappa shape index (κ2) is 8.36. The van der Waals surface area contributed by atoms with E-state index in [1.54, 1.807) is 24.3 Å². The van der Waals surface area contributed by atoms with Gasteiger partial charge in [-0.2, -0.15) is 0 Å². The standard InChI is InChI=1S/C7H14.C6H6O/c1-4-6-7(3)5-2;7-6-4-2-1-3-5-6/h5,7H,2,4,6H2,1,3H3;1-5,7H. The van der Waals surface area contributed by atoms with Crippen LogP contribution in [-0.2, 0) is 0 Å². The van der Waals surface area contributed by atoms with Crippen molar-refractivity contribution in [2.45, 2.75) is 26.7 Å². The van der Waals surface area contributed by atoms with Crippen molar-refractivity contribution in [2.24, 2.45) is 5.92 Å². The molecule has 1 N–H and O–H groups in total. The van der Waals surface area contributed by atoms with Gasteiger partial charge in [0, 0.05) is 0 Å². The van der Waals surface area contributed by atoms with Gasteiger partial charge in [-0.05, 0) is 24.5 Å². The highest BCUT2D eigenvalue weighted by Gasteiger charge is 1.89. The van der Waals surface area contributed by atoms with Gasteiger partial charge in [-0.1, -0.05) is 44.5 Å². The molecule has 0 saturated carbocycles. The van der Waals surface area contributed by atoms with E-state index in [2.05, 4.69) is 20.4 Å². The van der Waals surface area contributed by atoms with Gasteiger partial charge in [-0.3, -0.25) is 0 Å². The Bertz CT molecular complexity index is 228. The molecule has 0 aliphatic carbocycles. The van der Waals surface area contributed by atoms with Crippen molar-refractivity contribution in [1.82, 2.24) is 0 Å². The number of rotatable bonds is 3. The van der Waals surface area contributed by atoms with Gasteiger partial charge in [0.15, 0.2) is 0 Å². The minimum atomic E-state index is 0.322. The number of benzene rings is 1. The first-order valence-electron chi connectivity index (χ1n) is 5.07. The van der Waals surface area contributed by atoms with Crippen LogP contribution in [0.3, 0.4) is 0 Å². The van der Waals surface area contributed by atoms with Gasteiger partial charge in [-0.15, -0.1) is 6.58 Å². The van der Waals surface area contributed by atoms with E-state index in [0.29, 0.717) is 11.7 Å². The van der Waals surface area contributed by atoms with Gasteiger partial charge in [-0.25, -0.2) is 0 Å². The van der Waals surface area contributed by atoms with Gasteiger partial charge in [0.1, 0.15) is 5.75 Å². The lowest BCUT2D eigenvalue weighted by atomic mass is 10.1. The third-order valence-electron chi connectivity index (χ3n) is 1.90. The third-order valence-corrected chi connectivity index (χ3v) is 1.90. The van der Waals surface area contributed by atoms with E-state index in [-0.39, 0.29) is 0 Å². The van der Waals surface area contributed by atoms with Crippen molar-refractivity contribution >= 4 is 0 Å². The first kappa shape index (κ1) is 12.8. The lowest BCUT2D eigenvalue weighted by molar-refractivity contribution is 0.475. The van der Waals surface area contributed by atoms with E-state index in [9.17, 15) is 0 Å². The summed E-state index contributed by atoms with van der Waals surface area (Å²) in [4.78, 5) is 0. The Labute approximate surface area is 87.1 Å². The fraction of sp³-hybridized carbons (Fsp3) is 0.385. The Morgan fingerprint density at radius 1 is 1.36 bits per heavy atom. The van der Waals surface area contributed by atoms with Crippen molar-refractivity contribution in [3.05, 3.63) is 43.0 Å². The molecule has 0 radical (unpaired) electrons. The third kappa shape index (κ3) is 7.41. The molecule has 1 nitrogen and oxygen atoms in total. The molecule has 14 heavy (non-hydrogen) atoms. The molecule has 0 aliphatic rings. The molecule has 1 heteroatoms. The van der Waals surface area contributed by atoms with Crippen LogP contribution in [0.5, 0.6) is 5.75 Å². The van der Waals surface area contributed by atoms with Gasteiger partial charge < -0.3 is 5.11 Å². The maximum absolute atomic E-state index is 8.63. The van der Waals surface area contributed by atoms with Crippen LogP contribution in [0.25, 0.3) is 0 Å². The molecule has 1 aromatic carbocycles. The van der Waals surface area contributed by atoms with E-state index in [1.165, 1.54) is 12.8 Å². The lowest BCUT2D eigenvalue weighted by Crippen LogP contribution is -1.84. The van der Waals surface area contributed by atoms with Crippen LogP contribution in [0.1, 0.15) is 26.7 Å². The number of para-hydroxylation sites is 1. The second-order valence-corrected chi connectivity index (χ2v) is 3.34. The van der Waals surface area contributed by atoms with Crippen LogP contribution in [0, 0.1) is 5.92 Å². The van der Waals surface area contributed by atoms with Gasteiger partial charge in [0.2, 0.25) is 0 Å². The van der Waals surface area contributed by atoms with Crippen LogP contribution < -0.4 is 0 Å². The molecule has 1 aromatic rings. The molecule has 0 aromatic heterocycles. The van der Waals surface area contributed by atoms with Crippen molar-refractivity contribution in [3.63, 3.8) is 0 Å². The summed E-state index contributed by atoms with van der Waals surface area (Å²) in [5, 5.41) is 8.63. The quantitative estimate of drug-likeness (QED) is 0.718. The number of hydrogen-bond donors (Lipinski definition) is 1. The highest BCUT2D eigenvalue weighted by atomic mass is 16.3.